The van der Waals surface area contributed by atoms with Gasteiger partial charge in [-0.1, -0.05) is 13.0 Å². The van der Waals surface area contributed by atoms with Gasteiger partial charge < -0.3 is 15.1 Å². The predicted molar refractivity (Wildman–Crippen MR) is 84.1 cm³/mol. The minimum Gasteiger partial charge on any atom is -0.336 e. The van der Waals surface area contributed by atoms with Gasteiger partial charge in [0, 0.05) is 24.5 Å². The highest BCUT2D eigenvalue weighted by Crippen LogP contribution is 2.22. The molecule has 0 radical (unpaired) electrons. The van der Waals surface area contributed by atoms with Crippen LogP contribution in [0.4, 0.5) is 4.79 Å². The van der Waals surface area contributed by atoms with Crippen LogP contribution in [0.3, 0.4) is 0 Å². The minimum atomic E-state index is 0.0836. The first-order valence-corrected chi connectivity index (χ1v) is 8.18. The number of likely N-dealkylation sites (tertiary alicyclic amines) is 1. The number of hydrogen-bond donors (Lipinski definition) is 1. The molecule has 112 valence electrons. The minimum absolute atomic E-state index is 0.0836. The number of likely N-dealkylation sites (N-methyl/N-ethyl adjacent to an activating group) is 1. The van der Waals surface area contributed by atoms with E-state index < -0.39 is 0 Å². The number of urea groups is 1. The van der Waals surface area contributed by atoms with E-state index in [0.29, 0.717) is 6.54 Å². The number of carbonyl (C=O) groups is 1. The van der Waals surface area contributed by atoms with Crippen molar-refractivity contribution in [2.45, 2.75) is 25.8 Å². The Morgan fingerprint density at radius 2 is 2.20 bits per heavy atom. The number of nitrogens with one attached hydrogen (secondary N) is 1. The highest BCUT2D eigenvalue weighted by Gasteiger charge is 2.22. The molecule has 1 saturated heterocycles. The average molecular weight is 295 g/mol. The smallest absolute Gasteiger partial charge is 0.317 e. The summed E-state index contributed by atoms with van der Waals surface area (Å²) < 4.78 is 0. The average Bonchev–Trinajstić information content (AvgIpc) is 2.93. The first-order chi connectivity index (χ1) is 9.58. The van der Waals surface area contributed by atoms with E-state index in [-0.39, 0.29) is 12.1 Å². The number of hydrogen-bond acceptors (Lipinski definition) is 3. The fourth-order valence-electron chi connectivity index (χ4n) is 2.53. The monoisotopic (exact) mass is 295 g/mol. The lowest BCUT2D eigenvalue weighted by molar-refractivity contribution is 0.170. The van der Waals surface area contributed by atoms with Crippen molar-refractivity contribution in [2.24, 2.45) is 5.92 Å². The molecule has 1 aliphatic rings. The van der Waals surface area contributed by atoms with Gasteiger partial charge in [-0.2, -0.15) is 0 Å². The van der Waals surface area contributed by atoms with E-state index in [9.17, 15) is 4.79 Å². The quantitative estimate of drug-likeness (QED) is 0.927. The second kappa shape index (κ2) is 7.09. The van der Waals surface area contributed by atoms with Crippen LogP contribution in [0.15, 0.2) is 17.5 Å². The van der Waals surface area contributed by atoms with Crippen molar-refractivity contribution in [3.05, 3.63) is 22.4 Å². The number of nitrogens with zero attached hydrogens (tertiary/aromatic N) is 2. The van der Waals surface area contributed by atoms with Crippen molar-refractivity contribution >= 4 is 17.4 Å². The fraction of sp³-hybridized carbons (Fsp3) is 0.667. The van der Waals surface area contributed by atoms with Gasteiger partial charge in [0.25, 0.3) is 0 Å². The molecule has 1 aliphatic heterocycles. The Labute approximate surface area is 125 Å². The molecule has 4 nitrogen and oxygen atoms in total. The van der Waals surface area contributed by atoms with Crippen LogP contribution in [-0.4, -0.2) is 49.6 Å². The molecule has 0 saturated carbocycles. The summed E-state index contributed by atoms with van der Waals surface area (Å²) in [6.07, 6.45) is 2.24. The van der Waals surface area contributed by atoms with Gasteiger partial charge in [0.2, 0.25) is 0 Å². The third-order valence-corrected chi connectivity index (χ3v) is 4.99. The second-order valence-corrected chi connectivity index (χ2v) is 6.83. The molecule has 0 bridgehead atoms. The lowest BCUT2D eigenvalue weighted by Gasteiger charge is -2.31. The maximum atomic E-state index is 12.2. The molecule has 5 heteroatoms. The Balaban J connectivity index is 1.85. The molecule has 1 aromatic heterocycles. The van der Waals surface area contributed by atoms with Crippen LogP contribution in [0, 0.1) is 5.92 Å². The predicted octanol–water partition coefficient (Wildman–Crippen LogP) is 2.79. The van der Waals surface area contributed by atoms with Gasteiger partial charge in [-0.15, -0.1) is 11.3 Å². The van der Waals surface area contributed by atoms with Crippen LogP contribution in [-0.2, 0) is 0 Å². The first kappa shape index (κ1) is 15.3. The molecule has 1 unspecified atom stereocenters. The third kappa shape index (κ3) is 3.96. The van der Waals surface area contributed by atoms with E-state index >= 15 is 0 Å². The molecule has 2 rings (SSSR count). The summed E-state index contributed by atoms with van der Waals surface area (Å²) in [5, 5.41) is 5.17. The van der Waals surface area contributed by atoms with Crippen molar-refractivity contribution < 1.29 is 4.79 Å². The standard InChI is InChI=1S/C15H25N3OS/c1-12-6-8-18(9-7-12)15(19)16-11-13(17(2)3)14-5-4-10-20-14/h4-5,10,12-13H,6-9,11H2,1-3H3,(H,16,19). The number of thiophene rings is 1. The van der Waals surface area contributed by atoms with E-state index in [0.717, 1.165) is 31.8 Å². The van der Waals surface area contributed by atoms with Crippen molar-refractivity contribution in [1.29, 1.82) is 0 Å². The number of rotatable bonds is 4. The zero-order valence-corrected chi connectivity index (χ0v) is 13.4. The normalized spacial score (nSPS) is 18.3. The van der Waals surface area contributed by atoms with Gasteiger partial charge >= 0.3 is 6.03 Å². The molecule has 0 aliphatic carbocycles. The lowest BCUT2D eigenvalue weighted by Crippen LogP contribution is -2.46. The van der Waals surface area contributed by atoms with E-state index in [1.807, 2.05) is 4.90 Å². The first-order valence-electron chi connectivity index (χ1n) is 7.30. The Bertz CT molecular complexity index is 411. The molecule has 1 fully saturated rings. The highest BCUT2D eigenvalue weighted by atomic mass is 32.1. The molecule has 0 aromatic carbocycles. The summed E-state index contributed by atoms with van der Waals surface area (Å²) in [6.45, 7) is 4.70. The van der Waals surface area contributed by atoms with Gasteiger partial charge in [-0.05, 0) is 44.3 Å². The topological polar surface area (TPSA) is 35.6 Å². The molecular weight excluding hydrogens is 270 g/mol. The Kier molecular flexibility index (Phi) is 5.43. The van der Waals surface area contributed by atoms with Crippen LogP contribution in [0.1, 0.15) is 30.7 Å². The largest absolute Gasteiger partial charge is 0.336 e. The van der Waals surface area contributed by atoms with Crippen LogP contribution in [0.2, 0.25) is 0 Å². The second-order valence-electron chi connectivity index (χ2n) is 5.85. The van der Waals surface area contributed by atoms with E-state index in [2.05, 4.69) is 48.7 Å². The number of amides is 2. The van der Waals surface area contributed by atoms with Crippen LogP contribution in [0.25, 0.3) is 0 Å². The van der Waals surface area contributed by atoms with E-state index in [1.54, 1.807) is 11.3 Å². The molecule has 1 N–H and O–H groups in total. The van der Waals surface area contributed by atoms with Gasteiger partial charge in [-0.3, -0.25) is 0 Å². The Morgan fingerprint density at radius 3 is 2.75 bits per heavy atom. The maximum absolute atomic E-state index is 12.2. The molecular formula is C15H25N3OS. The highest BCUT2D eigenvalue weighted by molar-refractivity contribution is 7.10. The fourth-order valence-corrected chi connectivity index (χ4v) is 3.45. The third-order valence-electron chi connectivity index (χ3n) is 4.01. The van der Waals surface area contributed by atoms with Gasteiger partial charge in [0.1, 0.15) is 0 Å². The Hall–Kier alpha value is -1.07. The van der Waals surface area contributed by atoms with Gasteiger partial charge in [0.05, 0.1) is 6.04 Å². The molecule has 1 atom stereocenters. The van der Waals surface area contributed by atoms with Crippen LogP contribution in [0.5, 0.6) is 0 Å². The summed E-state index contributed by atoms with van der Waals surface area (Å²) in [6, 6.07) is 4.52. The number of carbonyl (C=O) groups excluding carboxylic acids is 1. The van der Waals surface area contributed by atoms with Crippen molar-refractivity contribution in [2.75, 3.05) is 33.7 Å². The zero-order valence-electron chi connectivity index (χ0n) is 12.6. The van der Waals surface area contributed by atoms with Crippen molar-refractivity contribution in [3.63, 3.8) is 0 Å². The van der Waals surface area contributed by atoms with Crippen LogP contribution >= 0.6 is 11.3 Å². The maximum Gasteiger partial charge on any atom is 0.317 e. The van der Waals surface area contributed by atoms with Crippen molar-refractivity contribution in [1.82, 2.24) is 15.1 Å². The Morgan fingerprint density at radius 1 is 1.50 bits per heavy atom. The SMILES string of the molecule is CC1CCN(C(=O)NCC(c2cccs2)N(C)C)CC1. The number of piperidine rings is 1. The van der Waals surface area contributed by atoms with E-state index in [4.69, 9.17) is 0 Å². The lowest BCUT2D eigenvalue weighted by atomic mass is 10.00. The molecule has 2 heterocycles. The molecule has 20 heavy (non-hydrogen) atoms. The molecule has 2 amide bonds. The summed E-state index contributed by atoms with van der Waals surface area (Å²) in [5.41, 5.74) is 0. The van der Waals surface area contributed by atoms with Crippen LogP contribution < -0.4 is 5.32 Å². The summed E-state index contributed by atoms with van der Waals surface area (Å²) in [5.74, 6) is 0.750. The summed E-state index contributed by atoms with van der Waals surface area (Å²) >= 11 is 1.74. The van der Waals surface area contributed by atoms with E-state index in [1.165, 1.54) is 4.88 Å². The molecule has 1 aromatic rings. The zero-order chi connectivity index (χ0) is 14.5. The van der Waals surface area contributed by atoms with Crippen molar-refractivity contribution in [3.8, 4) is 0 Å². The summed E-state index contributed by atoms with van der Waals surface area (Å²) in [7, 11) is 4.11. The summed E-state index contributed by atoms with van der Waals surface area (Å²) in [4.78, 5) is 17.6. The molecule has 0 spiro atoms. The van der Waals surface area contributed by atoms with Gasteiger partial charge in [0.15, 0.2) is 0 Å². The van der Waals surface area contributed by atoms with Gasteiger partial charge in [-0.25, -0.2) is 4.79 Å².